The number of hydrogen-bond donors (Lipinski definition) is 2. The lowest BCUT2D eigenvalue weighted by atomic mass is 10.0. The maximum absolute atomic E-state index is 12.9. The van der Waals surface area contributed by atoms with E-state index in [9.17, 15) is 4.79 Å². The molecule has 7 nitrogen and oxygen atoms in total. The zero-order valence-corrected chi connectivity index (χ0v) is 21.6. The molecule has 1 fully saturated rings. The van der Waals surface area contributed by atoms with Gasteiger partial charge in [0.25, 0.3) is 0 Å². The number of aryl methyl sites for hydroxylation is 1. The summed E-state index contributed by atoms with van der Waals surface area (Å²) in [6.07, 6.45) is 4.12. The minimum Gasteiger partial charge on any atom is -0.495 e. The molecule has 4 aromatic rings. The molecule has 1 saturated heterocycles. The van der Waals surface area contributed by atoms with E-state index in [2.05, 4.69) is 68.5 Å². The first-order valence-corrected chi connectivity index (χ1v) is 12.6. The van der Waals surface area contributed by atoms with E-state index in [0.29, 0.717) is 23.1 Å². The van der Waals surface area contributed by atoms with Crippen molar-refractivity contribution in [2.75, 3.05) is 19.0 Å². The van der Waals surface area contributed by atoms with Crippen molar-refractivity contribution in [3.63, 3.8) is 0 Å². The van der Waals surface area contributed by atoms with E-state index in [-0.39, 0.29) is 24.4 Å². The summed E-state index contributed by atoms with van der Waals surface area (Å²) in [5.74, 6) is 0.514. The number of hydrogen-bond acceptors (Lipinski definition) is 4. The summed E-state index contributed by atoms with van der Waals surface area (Å²) in [7, 11) is 1.59. The van der Waals surface area contributed by atoms with Gasteiger partial charge in [0.1, 0.15) is 5.75 Å². The molecule has 37 heavy (non-hydrogen) atoms. The highest BCUT2D eigenvalue weighted by molar-refractivity contribution is 7.80. The van der Waals surface area contributed by atoms with Crippen molar-refractivity contribution in [2.24, 2.45) is 0 Å². The molecule has 8 heteroatoms. The predicted octanol–water partition coefficient (Wildman–Crippen LogP) is 5.19. The number of benzene rings is 2. The lowest BCUT2D eigenvalue weighted by molar-refractivity contribution is -0.116. The maximum Gasteiger partial charge on any atom is 0.226 e. The van der Waals surface area contributed by atoms with Crippen LogP contribution >= 0.6 is 12.2 Å². The summed E-state index contributed by atoms with van der Waals surface area (Å²) in [6.45, 7) is 2.53. The third-order valence-electron chi connectivity index (χ3n) is 6.52. The Bertz CT molecular complexity index is 1400. The summed E-state index contributed by atoms with van der Waals surface area (Å²) in [5.41, 5.74) is 4.87. The molecule has 1 aliphatic heterocycles. The van der Waals surface area contributed by atoms with Gasteiger partial charge in [0.05, 0.1) is 30.6 Å². The number of anilines is 1. The second-order valence-corrected chi connectivity index (χ2v) is 9.35. The average molecular weight is 512 g/mol. The lowest BCUT2D eigenvalue weighted by Crippen LogP contribution is -2.33. The Hall–Kier alpha value is -4.17. The fourth-order valence-electron chi connectivity index (χ4n) is 4.80. The Labute approximate surface area is 222 Å². The predicted molar refractivity (Wildman–Crippen MR) is 149 cm³/mol. The van der Waals surface area contributed by atoms with Crippen LogP contribution in [0.4, 0.5) is 5.69 Å². The van der Waals surface area contributed by atoms with E-state index in [1.165, 1.54) is 5.56 Å². The molecule has 3 heterocycles. The summed E-state index contributed by atoms with van der Waals surface area (Å²) in [6, 6.07) is 25.5. The number of para-hydroxylation sites is 2. The van der Waals surface area contributed by atoms with Gasteiger partial charge < -0.3 is 24.8 Å². The van der Waals surface area contributed by atoms with E-state index in [1.54, 1.807) is 13.3 Å². The minimum absolute atomic E-state index is 0.110. The van der Waals surface area contributed by atoms with E-state index in [0.717, 1.165) is 17.1 Å². The summed E-state index contributed by atoms with van der Waals surface area (Å²) < 4.78 is 7.55. The molecular weight excluding hydrogens is 482 g/mol. The first-order valence-electron chi connectivity index (χ1n) is 12.2. The van der Waals surface area contributed by atoms with Gasteiger partial charge >= 0.3 is 0 Å². The van der Waals surface area contributed by atoms with E-state index in [1.807, 2.05) is 48.5 Å². The number of rotatable bonds is 8. The number of aromatic nitrogens is 2. The molecule has 2 N–H and O–H groups in total. The Morgan fingerprint density at radius 2 is 1.92 bits per heavy atom. The first-order chi connectivity index (χ1) is 18.0. The second kappa shape index (κ2) is 10.8. The quantitative estimate of drug-likeness (QED) is 0.317. The van der Waals surface area contributed by atoms with Crippen molar-refractivity contribution in [1.82, 2.24) is 19.8 Å². The highest BCUT2D eigenvalue weighted by Gasteiger charge is 2.41. The Morgan fingerprint density at radius 1 is 1.08 bits per heavy atom. The normalized spacial score (nSPS) is 16.9. The molecule has 2 atom stereocenters. The van der Waals surface area contributed by atoms with Crippen molar-refractivity contribution in [1.29, 1.82) is 0 Å². The van der Waals surface area contributed by atoms with Crippen LogP contribution < -0.4 is 15.4 Å². The number of nitrogens with one attached hydrogen (secondary N) is 2. The second-order valence-electron chi connectivity index (χ2n) is 8.96. The number of amides is 1. The van der Waals surface area contributed by atoms with Gasteiger partial charge in [-0.3, -0.25) is 9.78 Å². The zero-order chi connectivity index (χ0) is 25.8. The van der Waals surface area contributed by atoms with Gasteiger partial charge in [-0.25, -0.2) is 0 Å². The maximum atomic E-state index is 12.9. The van der Waals surface area contributed by atoms with Crippen molar-refractivity contribution < 1.29 is 9.53 Å². The van der Waals surface area contributed by atoms with Gasteiger partial charge in [0.15, 0.2) is 5.11 Å². The molecule has 0 saturated carbocycles. The lowest BCUT2D eigenvalue weighted by Gasteiger charge is -2.29. The van der Waals surface area contributed by atoms with Crippen LogP contribution in [0.3, 0.4) is 0 Å². The van der Waals surface area contributed by atoms with Crippen LogP contribution in [0.15, 0.2) is 91.3 Å². The molecular formula is C29H29N5O2S. The van der Waals surface area contributed by atoms with Crippen LogP contribution in [0.25, 0.3) is 5.69 Å². The van der Waals surface area contributed by atoms with Crippen LogP contribution in [-0.4, -0.2) is 39.1 Å². The number of methoxy groups -OCH3 is 1. The summed E-state index contributed by atoms with van der Waals surface area (Å²) >= 11 is 5.80. The van der Waals surface area contributed by atoms with Crippen molar-refractivity contribution in [3.8, 4) is 11.4 Å². The third-order valence-corrected chi connectivity index (χ3v) is 6.87. The van der Waals surface area contributed by atoms with Crippen LogP contribution in [-0.2, 0) is 4.79 Å². The molecule has 0 bridgehead atoms. The summed E-state index contributed by atoms with van der Waals surface area (Å²) in [5, 5.41) is 7.03. The Morgan fingerprint density at radius 3 is 2.70 bits per heavy atom. The van der Waals surface area contributed by atoms with Crippen LogP contribution in [0.2, 0.25) is 0 Å². The fraction of sp³-hybridized carbons (Fsp3) is 0.207. The third kappa shape index (κ3) is 5.20. The first kappa shape index (κ1) is 24.5. The standard InChI is InChI=1S/C29H29N5O2S/c1-20-9-7-10-21(19-20)33-17-8-13-24(33)28-27(23-12-5-6-16-30-23)32-29(37)34(28)18-15-26(35)31-22-11-3-4-14-25(22)36-2/h3-14,16-17,19,27-28H,15,18H2,1-2H3,(H,31,35)(H,32,37)/t27-,28+/m1/s1. The van der Waals surface area contributed by atoms with Crippen LogP contribution in [0.5, 0.6) is 5.75 Å². The molecule has 2 aromatic heterocycles. The Kier molecular flexibility index (Phi) is 7.18. The van der Waals surface area contributed by atoms with Gasteiger partial charge in [-0.2, -0.15) is 0 Å². The largest absolute Gasteiger partial charge is 0.495 e. The molecule has 1 amide bonds. The number of carbonyl (C=O) groups is 1. The number of carbonyl (C=O) groups excluding carboxylic acids is 1. The van der Waals surface area contributed by atoms with Gasteiger partial charge in [-0.1, -0.05) is 30.3 Å². The molecule has 1 aliphatic rings. The van der Waals surface area contributed by atoms with Gasteiger partial charge in [0, 0.05) is 36.7 Å². The van der Waals surface area contributed by atoms with Crippen molar-refractivity contribution >= 4 is 28.9 Å². The highest BCUT2D eigenvalue weighted by atomic mass is 32.1. The van der Waals surface area contributed by atoms with Crippen molar-refractivity contribution in [3.05, 3.63) is 108 Å². The Balaban J connectivity index is 1.44. The van der Waals surface area contributed by atoms with Crippen LogP contribution in [0.1, 0.15) is 35.5 Å². The van der Waals surface area contributed by atoms with E-state index < -0.39 is 0 Å². The molecule has 2 aromatic carbocycles. The number of ether oxygens (including phenoxy) is 1. The van der Waals surface area contributed by atoms with E-state index in [4.69, 9.17) is 17.0 Å². The van der Waals surface area contributed by atoms with Gasteiger partial charge in [0.2, 0.25) is 5.91 Å². The summed E-state index contributed by atoms with van der Waals surface area (Å²) in [4.78, 5) is 19.7. The number of nitrogens with zero attached hydrogens (tertiary/aromatic N) is 3. The monoisotopic (exact) mass is 511 g/mol. The molecule has 0 unspecified atom stereocenters. The highest BCUT2D eigenvalue weighted by Crippen LogP contribution is 2.39. The molecule has 0 aliphatic carbocycles. The van der Waals surface area contributed by atoms with Crippen molar-refractivity contribution in [2.45, 2.75) is 25.4 Å². The minimum atomic E-state index is -0.163. The number of pyridine rings is 1. The van der Waals surface area contributed by atoms with E-state index >= 15 is 0 Å². The van der Waals surface area contributed by atoms with Gasteiger partial charge in [-0.15, -0.1) is 0 Å². The topological polar surface area (TPSA) is 71.4 Å². The van der Waals surface area contributed by atoms with Crippen LogP contribution in [0, 0.1) is 6.92 Å². The smallest absolute Gasteiger partial charge is 0.226 e. The molecule has 188 valence electrons. The molecule has 0 radical (unpaired) electrons. The number of thiocarbonyl (C=S) groups is 1. The average Bonchev–Trinajstić information content (AvgIpc) is 3.52. The zero-order valence-electron chi connectivity index (χ0n) is 20.8. The van der Waals surface area contributed by atoms with Gasteiger partial charge in [-0.05, 0) is 73.2 Å². The SMILES string of the molecule is COc1ccccc1NC(=O)CCN1C(=S)N[C@H](c2ccccn2)[C@@H]1c1cccn1-c1cccc(C)c1. The fourth-order valence-corrected chi connectivity index (χ4v) is 5.13. The molecule has 0 spiro atoms. The molecule has 5 rings (SSSR count).